The minimum Gasteiger partial charge on any atom is -0.494 e. The number of sulfonamides is 1. The molecular weight excluding hydrogens is 454 g/mol. The molecule has 0 fully saturated rings. The summed E-state index contributed by atoms with van der Waals surface area (Å²) >= 11 is 6.10. The highest BCUT2D eigenvalue weighted by Gasteiger charge is 2.28. The molecule has 2 aromatic carbocycles. The molecule has 160 valence electrons. The number of cyclic esters (lactones) is 1. The van der Waals surface area contributed by atoms with Crippen LogP contribution in [0.1, 0.15) is 16.1 Å². The number of fused-ring (bicyclic) bond motifs is 6. The Morgan fingerprint density at radius 2 is 1.94 bits per heavy atom. The number of hydrogen-bond acceptors (Lipinski definition) is 6. The number of nitrogens with one attached hydrogen (secondary N) is 1. The van der Waals surface area contributed by atoms with E-state index in [0.29, 0.717) is 6.07 Å². The van der Waals surface area contributed by atoms with Gasteiger partial charge in [-0.1, -0.05) is 17.7 Å². The highest BCUT2D eigenvalue weighted by atomic mass is 35.5. The number of benzene rings is 2. The van der Waals surface area contributed by atoms with Crippen LogP contribution >= 0.6 is 11.6 Å². The summed E-state index contributed by atoms with van der Waals surface area (Å²) < 4.78 is 67.5. The van der Waals surface area contributed by atoms with Crippen molar-refractivity contribution in [1.82, 2.24) is 4.98 Å². The molecule has 11 heteroatoms. The smallest absolute Gasteiger partial charge is 0.338 e. The molecule has 0 spiro atoms. The van der Waals surface area contributed by atoms with E-state index in [2.05, 4.69) is 9.71 Å². The summed E-state index contributed by atoms with van der Waals surface area (Å²) in [5, 5.41) is -0.175. The van der Waals surface area contributed by atoms with Crippen LogP contribution in [0.2, 0.25) is 5.02 Å². The number of hydrogen-bond donors (Lipinski definition) is 1. The van der Waals surface area contributed by atoms with Crippen LogP contribution in [0.4, 0.5) is 14.5 Å². The van der Waals surface area contributed by atoms with Gasteiger partial charge in [0.05, 0.1) is 29.1 Å². The molecule has 0 amide bonds. The minimum absolute atomic E-state index is 0.130. The molecule has 0 saturated heterocycles. The lowest BCUT2D eigenvalue weighted by atomic mass is 10.0. The maximum Gasteiger partial charge on any atom is 0.338 e. The van der Waals surface area contributed by atoms with Crippen LogP contribution in [-0.2, 0) is 21.4 Å². The average Bonchev–Trinajstić information content (AvgIpc) is 2.73. The number of anilines is 1. The molecule has 0 aliphatic carbocycles. The normalized spacial score (nSPS) is 14.8. The number of methoxy groups -OCH3 is 1. The zero-order valence-electron chi connectivity index (χ0n) is 15.8. The Labute approximate surface area is 180 Å². The largest absolute Gasteiger partial charge is 0.494 e. The molecule has 0 saturated carbocycles. The fourth-order valence-corrected chi connectivity index (χ4v) is 4.76. The van der Waals surface area contributed by atoms with E-state index in [9.17, 15) is 22.0 Å². The van der Waals surface area contributed by atoms with E-state index in [0.717, 1.165) is 12.1 Å². The first-order valence-corrected chi connectivity index (χ1v) is 10.6. The number of nitrogens with zero attached hydrogens (tertiary/aromatic N) is 1. The number of carbonyl (C=O) groups is 1. The zero-order valence-corrected chi connectivity index (χ0v) is 17.4. The quantitative estimate of drug-likeness (QED) is 0.541. The predicted molar refractivity (Wildman–Crippen MR) is 108 cm³/mol. The number of esters is 1. The molecule has 0 radical (unpaired) electrons. The number of pyridine rings is 1. The standard InChI is InChI=1S/C20H13ClF2N2O5S/c1-29-19-13(21)5-10-6-18(19)31(27,28)25-16-7-12(14(22)8-15(16)23)11-3-2-4-24-17(11)9-30-20(10)26/h2-8,25H,9H2,1H3. The van der Waals surface area contributed by atoms with Crippen molar-refractivity contribution < 1.29 is 31.5 Å². The summed E-state index contributed by atoms with van der Waals surface area (Å²) in [6, 6.07) is 6.73. The predicted octanol–water partition coefficient (Wildman–Crippen LogP) is 4.16. The minimum atomic E-state index is -4.51. The van der Waals surface area contributed by atoms with Crippen molar-refractivity contribution in [2.45, 2.75) is 11.5 Å². The Morgan fingerprint density at radius 1 is 1.16 bits per heavy atom. The Kier molecular flexibility index (Phi) is 5.28. The highest BCUT2D eigenvalue weighted by molar-refractivity contribution is 7.92. The van der Waals surface area contributed by atoms with E-state index in [1.54, 1.807) is 0 Å². The van der Waals surface area contributed by atoms with Crippen molar-refractivity contribution in [3.05, 3.63) is 70.5 Å². The summed E-state index contributed by atoms with van der Waals surface area (Å²) in [7, 11) is -3.32. The molecule has 3 aromatic rings. The van der Waals surface area contributed by atoms with Gasteiger partial charge >= 0.3 is 5.97 Å². The number of carbonyl (C=O) groups excluding carboxylic acids is 1. The van der Waals surface area contributed by atoms with Crippen molar-refractivity contribution in [2.75, 3.05) is 11.8 Å². The molecule has 4 bridgehead atoms. The van der Waals surface area contributed by atoms with Crippen molar-refractivity contribution in [3.8, 4) is 16.9 Å². The Hall–Kier alpha value is -3.24. The first-order valence-electron chi connectivity index (χ1n) is 8.72. The lowest BCUT2D eigenvalue weighted by Crippen LogP contribution is -2.16. The maximum absolute atomic E-state index is 14.6. The summed E-state index contributed by atoms with van der Waals surface area (Å²) in [5.74, 6) is -3.24. The topological polar surface area (TPSA) is 94.6 Å². The fraction of sp³-hybridized carbons (Fsp3) is 0.100. The van der Waals surface area contributed by atoms with Gasteiger partial charge in [0, 0.05) is 23.4 Å². The van der Waals surface area contributed by atoms with Crippen molar-refractivity contribution in [3.63, 3.8) is 0 Å². The first-order chi connectivity index (χ1) is 14.7. The molecule has 2 heterocycles. The van der Waals surface area contributed by atoms with E-state index < -0.39 is 38.2 Å². The van der Waals surface area contributed by atoms with Gasteiger partial charge < -0.3 is 9.47 Å². The maximum atomic E-state index is 14.6. The summed E-state index contributed by atoms with van der Waals surface area (Å²) in [6.45, 7) is -0.347. The van der Waals surface area contributed by atoms with Gasteiger partial charge in [-0.3, -0.25) is 9.71 Å². The van der Waals surface area contributed by atoms with Crippen LogP contribution in [0.15, 0.2) is 47.5 Å². The van der Waals surface area contributed by atoms with E-state index in [1.807, 2.05) is 0 Å². The molecule has 31 heavy (non-hydrogen) atoms. The van der Waals surface area contributed by atoms with E-state index in [-0.39, 0.29) is 39.8 Å². The number of aromatic nitrogens is 1. The summed E-state index contributed by atoms with van der Waals surface area (Å²) in [4.78, 5) is 16.1. The second-order valence-corrected chi connectivity index (χ2v) is 8.54. The van der Waals surface area contributed by atoms with Gasteiger partial charge in [0.1, 0.15) is 23.1 Å². The van der Waals surface area contributed by atoms with Crippen LogP contribution in [0, 0.1) is 11.6 Å². The molecule has 0 atom stereocenters. The van der Waals surface area contributed by atoms with Gasteiger partial charge in [-0.25, -0.2) is 22.0 Å². The van der Waals surface area contributed by atoms with E-state index in [4.69, 9.17) is 21.1 Å². The Balaban J connectivity index is 2.02. The molecule has 1 aliphatic rings. The average molecular weight is 467 g/mol. The van der Waals surface area contributed by atoms with Gasteiger partial charge in [-0.2, -0.15) is 0 Å². The molecule has 0 unspecified atom stereocenters. The molecule has 1 aliphatic heterocycles. The molecule has 7 nitrogen and oxygen atoms in total. The lowest BCUT2D eigenvalue weighted by molar-refractivity contribution is 0.0468. The van der Waals surface area contributed by atoms with Crippen LogP contribution in [0.3, 0.4) is 0 Å². The highest BCUT2D eigenvalue weighted by Crippen LogP contribution is 2.37. The molecule has 1 N–H and O–H groups in total. The van der Waals surface area contributed by atoms with Gasteiger partial charge in [-0.05, 0) is 24.3 Å². The van der Waals surface area contributed by atoms with E-state index in [1.165, 1.54) is 31.5 Å². The number of halogens is 3. The van der Waals surface area contributed by atoms with Crippen LogP contribution in [0.25, 0.3) is 11.1 Å². The SMILES string of the molecule is COc1c(Cl)cc2cc1S(=O)(=O)Nc1cc(c(F)cc1F)-c1cccnc1COC2=O. The van der Waals surface area contributed by atoms with Crippen LogP contribution in [-0.4, -0.2) is 26.5 Å². The monoisotopic (exact) mass is 466 g/mol. The Morgan fingerprint density at radius 3 is 2.68 bits per heavy atom. The van der Waals surface area contributed by atoms with Gasteiger partial charge in [0.2, 0.25) is 0 Å². The summed E-state index contributed by atoms with van der Waals surface area (Å²) in [6.07, 6.45) is 1.41. The Bertz CT molecular complexity index is 1330. The van der Waals surface area contributed by atoms with Crippen molar-refractivity contribution in [1.29, 1.82) is 0 Å². The second-order valence-electron chi connectivity index (χ2n) is 6.48. The van der Waals surface area contributed by atoms with Crippen LogP contribution in [0.5, 0.6) is 5.75 Å². The lowest BCUT2D eigenvalue weighted by Gasteiger charge is -2.15. The van der Waals surface area contributed by atoms with Gasteiger partial charge in [-0.15, -0.1) is 0 Å². The number of rotatable bonds is 1. The van der Waals surface area contributed by atoms with Crippen molar-refractivity contribution >= 4 is 33.3 Å². The molecule has 4 rings (SSSR count). The summed E-state index contributed by atoms with van der Waals surface area (Å²) in [5.41, 5.74) is -0.430. The van der Waals surface area contributed by atoms with Crippen molar-refractivity contribution in [2.24, 2.45) is 0 Å². The fourth-order valence-electron chi connectivity index (χ4n) is 3.13. The first kappa shape index (κ1) is 21.0. The molecule has 1 aromatic heterocycles. The van der Waals surface area contributed by atoms with Gasteiger partial charge in [0.15, 0.2) is 5.75 Å². The zero-order chi connectivity index (χ0) is 22.3. The van der Waals surface area contributed by atoms with E-state index >= 15 is 0 Å². The van der Waals surface area contributed by atoms with Gasteiger partial charge in [0.25, 0.3) is 10.0 Å². The third kappa shape index (κ3) is 3.79. The molecular formula is C20H13ClF2N2O5S. The second kappa shape index (κ2) is 7.78. The third-order valence-electron chi connectivity index (χ3n) is 4.56. The number of ether oxygens (including phenoxy) is 2. The van der Waals surface area contributed by atoms with Crippen LogP contribution < -0.4 is 9.46 Å². The third-order valence-corrected chi connectivity index (χ3v) is 6.21.